The van der Waals surface area contributed by atoms with E-state index in [9.17, 15) is 9.59 Å². The molecule has 21 heavy (non-hydrogen) atoms. The van der Waals surface area contributed by atoms with Crippen LogP contribution in [0.1, 0.15) is 30.6 Å². The van der Waals surface area contributed by atoms with E-state index < -0.39 is 4.33 Å². The number of carbonyl (C=O) groups excluding carboxylic acids is 2. The molecule has 0 aliphatic heterocycles. The van der Waals surface area contributed by atoms with Crippen LogP contribution >= 0.6 is 23.2 Å². The van der Waals surface area contributed by atoms with Crippen LogP contribution in [0.5, 0.6) is 0 Å². The number of hydrogen-bond acceptors (Lipinski definition) is 2. The van der Waals surface area contributed by atoms with Crippen LogP contribution in [0.15, 0.2) is 24.3 Å². The van der Waals surface area contributed by atoms with Crippen molar-refractivity contribution in [2.75, 3.05) is 18.4 Å². The standard InChI is InChI=1S/C15H18Cl2N2O2/c1-3-19(4-2)14(21)10-5-7-11(8-6-10)18-13(20)12-9-15(12,16)17/h5-8,12H,3-4,9H2,1-2H3,(H,18,20)/t12-/m1/s1. The van der Waals surface area contributed by atoms with Crippen molar-refractivity contribution in [3.63, 3.8) is 0 Å². The molecule has 0 unspecified atom stereocenters. The summed E-state index contributed by atoms with van der Waals surface area (Å²) in [5, 5.41) is 2.75. The topological polar surface area (TPSA) is 49.4 Å². The van der Waals surface area contributed by atoms with E-state index in [1.165, 1.54) is 0 Å². The second kappa shape index (κ2) is 6.24. The Morgan fingerprint density at radius 1 is 1.24 bits per heavy atom. The fourth-order valence-electron chi connectivity index (χ4n) is 2.12. The summed E-state index contributed by atoms with van der Waals surface area (Å²) in [6, 6.07) is 6.83. The van der Waals surface area contributed by atoms with E-state index in [0.717, 1.165) is 0 Å². The highest BCUT2D eigenvalue weighted by Gasteiger charge is 2.56. The van der Waals surface area contributed by atoms with Crippen molar-refractivity contribution in [1.82, 2.24) is 4.90 Å². The average molecular weight is 329 g/mol. The van der Waals surface area contributed by atoms with Crippen molar-refractivity contribution >= 4 is 40.7 Å². The Morgan fingerprint density at radius 3 is 2.19 bits per heavy atom. The highest BCUT2D eigenvalue weighted by molar-refractivity contribution is 6.52. The molecule has 2 amide bonds. The molecular weight excluding hydrogens is 311 g/mol. The first-order valence-electron chi connectivity index (χ1n) is 6.97. The van der Waals surface area contributed by atoms with Gasteiger partial charge in [-0.1, -0.05) is 0 Å². The first-order valence-corrected chi connectivity index (χ1v) is 7.72. The molecule has 1 aromatic rings. The van der Waals surface area contributed by atoms with E-state index in [4.69, 9.17) is 23.2 Å². The fourth-order valence-corrected chi connectivity index (χ4v) is 2.62. The summed E-state index contributed by atoms with van der Waals surface area (Å²) < 4.78 is -0.928. The summed E-state index contributed by atoms with van der Waals surface area (Å²) in [5.74, 6) is -0.568. The lowest BCUT2D eigenvalue weighted by Gasteiger charge is -2.18. The molecule has 0 heterocycles. The van der Waals surface area contributed by atoms with Crippen LogP contribution in [0.3, 0.4) is 0 Å². The molecule has 6 heteroatoms. The van der Waals surface area contributed by atoms with Crippen LogP contribution in [0.4, 0.5) is 5.69 Å². The molecule has 1 atom stereocenters. The second-order valence-corrected chi connectivity index (χ2v) is 6.60. The van der Waals surface area contributed by atoms with Crippen molar-refractivity contribution in [1.29, 1.82) is 0 Å². The van der Waals surface area contributed by atoms with Crippen LogP contribution < -0.4 is 5.32 Å². The zero-order chi connectivity index (χ0) is 15.6. The smallest absolute Gasteiger partial charge is 0.253 e. The van der Waals surface area contributed by atoms with Crippen LogP contribution in [0, 0.1) is 5.92 Å². The number of hydrogen-bond donors (Lipinski definition) is 1. The summed E-state index contributed by atoms with van der Waals surface area (Å²) in [7, 11) is 0. The molecule has 0 saturated heterocycles. The number of rotatable bonds is 5. The van der Waals surface area contributed by atoms with Gasteiger partial charge in [0.25, 0.3) is 5.91 Å². The Labute approximate surface area is 134 Å². The van der Waals surface area contributed by atoms with Gasteiger partial charge in [0.1, 0.15) is 4.33 Å². The van der Waals surface area contributed by atoms with Crippen LogP contribution in [0.25, 0.3) is 0 Å². The molecule has 1 saturated carbocycles. The number of amides is 2. The van der Waals surface area contributed by atoms with E-state index in [1.807, 2.05) is 13.8 Å². The summed E-state index contributed by atoms with van der Waals surface area (Å²) in [6.45, 7) is 5.22. The first-order chi connectivity index (χ1) is 9.89. The average Bonchev–Trinajstić information content (AvgIpc) is 3.10. The molecule has 1 aromatic carbocycles. The fraction of sp³-hybridized carbons (Fsp3) is 0.467. The van der Waals surface area contributed by atoms with Crippen molar-refractivity contribution < 1.29 is 9.59 Å². The van der Waals surface area contributed by atoms with E-state index in [0.29, 0.717) is 30.8 Å². The molecule has 0 radical (unpaired) electrons. The summed E-state index contributed by atoms with van der Waals surface area (Å²) in [5.41, 5.74) is 1.24. The van der Waals surface area contributed by atoms with Gasteiger partial charge in [-0.15, -0.1) is 23.2 Å². The van der Waals surface area contributed by atoms with Crippen LogP contribution in [-0.4, -0.2) is 34.1 Å². The maximum atomic E-state index is 12.1. The van der Waals surface area contributed by atoms with Crippen LogP contribution in [-0.2, 0) is 4.79 Å². The predicted molar refractivity (Wildman–Crippen MR) is 84.9 cm³/mol. The number of alkyl halides is 2. The van der Waals surface area contributed by atoms with E-state index in [2.05, 4.69) is 5.32 Å². The van der Waals surface area contributed by atoms with E-state index in [1.54, 1.807) is 29.2 Å². The molecule has 1 fully saturated rings. The van der Waals surface area contributed by atoms with Gasteiger partial charge in [0.2, 0.25) is 5.91 Å². The van der Waals surface area contributed by atoms with Gasteiger partial charge in [-0.05, 0) is 44.5 Å². The Kier molecular flexibility index (Phi) is 4.79. The quantitative estimate of drug-likeness (QED) is 0.843. The van der Waals surface area contributed by atoms with Crippen LogP contribution in [0.2, 0.25) is 0 Å². The zero-order valence-electron chi connectivity index (χ0n) is 12.0. The third-order valence-electron chi connectivity index (χ3n) is 3.59. The van der Waals surface area contributed by atoms with Crippen molar-refractivity contribution in [3.8, 4) is 0 Å². The summed E-state index contributed by atoms with van der Waals surface area (Å²) in [4.78, 5) is 25.7. The Morgan fingerprint density at radius 2 is 1.76 bits per heavy atom. The Balaban J connectivity index is 1.99. The molecule has 1 N–H and O–H groups in total. The van der Waals surface area contributed by atoms with Gasteiger partial charge in [-0.3, -0.25) is 9.59 Å². The lowest BCUT2D eigenvalue weighted by atomic mass is 10.1. The third kappa shape index (κ3) is 3.69. The van der Waals surface area contributed by atoms with Gasteiger partial charge < -0.3 is 10.2 Å². The minimum atomic E-state index is -0.928. The maximum Gasteiger partial charge on any atom is 0.253 e. The number of carbonyl (C=O) groups is 2. The number of benzene rings is 1. The molecular formula is C15H18Cl2N2O2. The molecule has 0 bridgehead atoms. The Bertz CT molecular complexity index is 539. The maximum absolute atomic E-state index is 12.1. The minimum Gasteiger partial charge on any atom is -0.339 e. The molecule has 0 aromatic heterocycles. The molecule has 2 rings (SSSR count). The Hall–Kier alpha value is -1.26. The number of nitrogens with one attached hydrogen (secondary N) is 1. The van der Waals surface area contributed by atoms with Crippen molar-refractivity contribution in [2.45, 2.75) is 24.6 Å². The third-order valence-corrected chi connectivity index (χ3v) is 4.43. The number of anilines is 1. The van der Waals surface area contributed by atoms with E-state index in [-0.39, 0.29) is 17.7 Å². The van der Waals surface area contributed by atoms with Gasteiger partial charge >= 0.3 is 0 Å². The number of halogens is 2. The lowest BCUT2D eigenvalue weighted by Crippen LogP contribution is -2.30. The van der Waals surface area contributed by atoms with E-state index >= 15 is 0 Å². The monoisotopic (exact) mass is 328 g/mol. The normalized spacial score (nSPS) is 19.0. The lowest BCUT2D eigenvalue weighted by molar-refractivity contribution is -0.117. The highest BCUT2D eigenvalue weighted by atomic mass is 35.5. The summed E-state index contributed by atoms with van der Waals surface area (Å²) >= 11 is 11.7. The molecule has 1 aliphatic carbocycles. The van der Waals surface area contributed by atoms with Crippen molar-refractivity contribution in [2.24, 2.45) is 5.92 Å². The largest absolute Gasteiger partial charge is 0.339 e. The van der Waals surface area contributed by atoms with Gasteiger partial charge in [0.15, 0.2) is 0 Å². The molecule has 1 aliphatic rings. The van der Waals surface area contributed by atoms with Crippen molar-refractivity contribution in [3.05, 3.63) is 29.8 Å². The van der Waals surface area contributed by atoms with Gasteiger partial charge in [0, 0.05) is 24.3 Å². The SMILES string of the molecule is CCN(CC)C(=O)c1ccc(NC(=O)[C@H]2CC2(Cl)Cl)cc1. The zero-order valence-corrected chi connectivity index (χ0v) is 13.5. The first kappa shape index (κ1) is 16.1. The highest BCUT2D eigenvalue weighted by Crippen LogP contribution is 2.53. The molecule has 114 valence electrons. The minimum absolute atomic E-state index is 0.0133. The predicted octanol–water partition coefficient (Wildman–Crippen LogP) is 3.30. The number of nitrogens with zero attached hydrogens (tertiary/aromatic N) is 1. The molecule has 4 nitrogen and oxygen atoms in total. The van der Waals surface area contributed by atoms with Gasteiger partial charge in [-0.25, -0.2) is 0 Å². The van der Waals surface area contributed by atoms with Gasteiger partial charge in [0.05, 0.1) is 5.92 Å². The molecule has 0 spiro atoms. The summed E-state index contributed by atoms with van der Waals surface area (Å²) in [6.07, 6.45) is 0.473. The second-order valence-electron chi connectivity index (χ2n) is 5.06. The van der Waals surface area contributed by atoms with Gasteiger partial charge in [-0.2, -0.15) is 0 Å².